The maximum Gasteiger partial charge on any atom is 0.172 e. The number of fused-ring (bicyclic) bond motifs is 1. The van der Waals surface area contributed by atoms with Crippen LogP contribution in [0.1, 0.15) is 11.5 Å². The first-order valence-electron chi connectivity index (χ1n) is 4.46. The quantitative estimate of drug-likeness (QED) is 0.742. The Balaban J connectivity index is 2.71. The first kappa shape index (κ1) is 9.55. The van der Waals surface area contributed by atoms with Crippen LogP contribution in [0.2, 0.25) is 0 Å². The second-order valence-corrected chi connectivity index (χ2v) is 3.07. The van der Waals surface area contributed by atoms with Gasteiger partial charge in [0.05, 0.1) is 12.9 Å². The summed E-state index contributed by atoms with van der Waals surface area (Å²) in [6.45, 7) is 2.14. The van der Waals surface area contributed by atoms with E-state index in [9.17, 15) is 0 Å². The third-order valence-corrected chi connectivity index (χ3v) is 2.02. The van der Waals surface area contributed by atoms with Crippen LogP contribution in [0.4, 0.5) is 0 Å². The fourth-order valence-electron chi connectivity index (χ4n) is 1.40. The molecule has 0 radical (unpaired) electrons. The van der Waals surface area contributed by atoms with E-state index in [1.807, 2.05) is 6.07 Å². The Morgan fingerprint density at radius 3 is 3.00 bits per heavy atom. The van der Waals surface area contributed by atoms with Crippen molar-refractivity contribution in [3.8, 4) is 6.07 Å². The van der Waals surface area contributed by atoms with Gasteiger partial charge in [-0.15, -0.1) is 0 Å². The van der Waals surface area contributed by atoms with Crippen molar-refractivity contribution < 1.29 is 5.11 Å². The van der Waals surface area contributed by atoms with Crippen LogP contribution < -0.4 is 0 Å². The highest BCUT2D eigenvalue weighted by molar-refractivity contribution is 5.76. The Kier molecular flexibility index (Phi) is 2.31. The van der Waals surface area contributed by atoms with Gasteiger partial charge < -0.3 is 9.67 Å². The fourth-order valence-corrected chi connectivity index (χ4v) is 1.40. The van der Waals surface area contributed by atoms with E-state index in [0.717, 1.165) is 0 Å². The van der Waals surface area contributed by atoms with Gasteiger partial charge in [-0.25, -0.2) is 15.0 Å². The van der Waals surface area contributed by atoms with E-state index in [0.29, 0.717) is 23.5 Å². The topological polar surface area (TPSA) is 87.6 Å². The van der Waals surface area contributed by atoms with Gasteiger partial charge in [-0.2, -0.15) is 5.26 Å². The molecular weight excluding hydrogens is 194 g/mol. The van der Waals surface area contributed by atoms with Crippen LogP contribution in [0, 0.1) is 18.3 Å². The van der Waals surface area contributed by atoms with Crippen LogP contribution in [0.3, 0.4) is 0 Å². The standard InChI is InChI=1S/C9H9N5O/c1-6-12-7(4-10)8-9(13-6)14(2-3-15)5-11-8/h5,15H,2-3H2,1H3. The zero-order valence-electron chi connectivity index (χ0n) is 8.17. The zero-order chi connectivity index (χ0) is 10.8. The van der Waals surface area contributed by atoms with E-state index in [1.54, 1.807) is 17.8 Å². The molecule has 2 heterocycles. The lowest BCUT2D eigenvalue weighted by Crippen LogP contribution is -2.03. The molecule has 0 aliphatic carbocycles. The largest absolute Gasteiger partial charge is 0.395 e. The molecule has 6 nitrogen and oxygen atoms in total. The number of rotatable bonds is 2. The van der Waals surface area contributed by atoms with Crippen LogP contribution in [-0.2, 0) is 6.54 Å². The number of imidazole rings is 1. The van der Waals surface area contributed by atoms with E-state index in [2.05, 4.69) is 15.0 Å². The van der Waals surface area contributed by atoms with E-state index >= 15 is 0 Å². The predicted octanol–water partition coefficient (Wildman–Crippen LogP) is -0.00130. The van der Waals surface area contributed by atoms with Crippen molar-refractivity contribution in [3.63, 3.8) is 0 Å². The molecule has 2 aromatic rings. The molecule has 2 rings (SSSR count). The number of hydrogen-bond acceptors (Lipinski definition) is 5. The minimum atomic E-state index is 0.0103. The van der Waals surface area contributed by atoms with Gasteiger partial charge in [0.15, 0.2) is 11.3 Å². The summed E-state index contributed by atoms with van der Waals surface area (Å²) >= 11 is 0. The summed E-state index contributed by atoms with van der Waals surface area (Å²) in [6, 6.07) is 1.98. The van der Waals surface area contributed by atoms with E-state index in [4.69, 9.17) is 10.4 Å². The molecule has 0 unspecified atom stereocenters. The third kappa shape index (κ3) is 1.53. The number of aromatic nitrogens is 4. The van der Waals surface area contributed by atoms with E-state index < -0.39 is 0 Å². The monoisotopic (exact) mass is 203 g/mol. The maximum absolute atomic E-state index is 8.86. The average Bonchev–Trinajstić information content (AvgIpc) is 2.61. The molecule has 0 atom stereocenters. The molecule has 15 heavy (non-hydrogen) atoms. The molecule has 0 bridgehead atoms. The molecule has 0 amide bonds. The highest BCUT2D eigenvalue weighted by atomic mass is 16.3. The zero-order valence-corrected chi connectivity index (χ0v) is 8.17. The number of hydrogen-bond donors (Lipinski definition) is 1. The van der Waals surface area contributed by atoms with Gasteiger partial charge in [-0.05, 0) is 6.92 Å². The van der Waals surface area contributed by atoms with Crippen molar-refractivity contribution >= 4 is 11.2 Å². The average molecular weight is 203 g/mol. The van der Waals surface area contributed by atoms with Crippen LogP contribution in [0.25, 0.3) is 11.2 Å². The first-order valence-corrected chi connectivity index (χ1v) is 4.46. The smallest absolute Gasteiger partial charge is 0.172 e. The van der Waals surface area contributed by atoms with Crippen LogP contribution in [-0.4, -0.2) is 31.2 Å². The van der Waals surface area contributed by atoms with E-state index in [-0.39, 0.29) is 12.3 Å². The van der Waals surface area contributed by atoms with Gasteiger partial charge in [0.1, 0.15) is 17.4 Å². The highest BCUT2D eigenvalue weighted by Gasteiger charge is 2.10. The Labute approximate surface area is 85.8 Å². The van der Waals surface area contributed by atoms with Crippen molar-refractivity contribution in [1.82, 2.24) is 19.5 Å². The summed E-state index contributed by atoms with van der Waals surface area (Å²) in [5.74, 6) is 0.527. The fraction of sp³-hybridized carbons (Fsp3) is 0.333. The predicted molar refractivity (Wildman–Crippen MR) is 51.9 cm³/mol. The molecule has 0 aliphatic rings. The minimum absolute atomic E-state index is 0.0103. The molecule has 0 aromatic carbocycles. The van der Waals surface area contributed by atoms with Gasteiger partial charge >= 0.3 is 0 Å². The number of nitrogens with zero attached hydrogens (tertiary/aromatic N) is 5. The van der Waals surface area contributed by atoms with Gasteiger partial charge in [0.25, 0.3) is 0 Å². The maximum atomic E-state index is 8.86. The Bertz CT molecular complexity index is 539. The van der Waals surface area contributed by atoms with E-state index in [1.165, 1.54) is 0 Å². The molecule has 0 saturated heterocycles. The van der Waals surface area contributed by atoms with Gasteiger partial charge in [-0.1, -0.05) is 0 Å². The number of aryl methyl sites for hydroxylation is 1. The van der Waals surface area contributed by atoms with Crippen LogP contribution in [0.15, 0.2) is 6.33 Å². The van der Waals surface area contributed by atoms with Crippen molar-refractivity contribution in [2.45, 2.75) is 13.5 Å². The molecule has 0 aliphatic heterocycles. The van der Waals surface area contributed by atoms with Crippen molar-refractivity contribution in [2.75, 3.05) is 6.61 Å². The van der Waals surface area contributed by atoms with Gasteiger partial charge in [0, 0.05) is 6.54 Å². The van der Waals surface area contributed by atoms with Gasteiger partial charge in [-0.3, -0.25) is 0 Å². The van der Waals surface area contributed by atoms with Crippen LogP contribution >= 0.6 is 0 Å². The summed E-state index contributed by atoms with van der Waals surface area (Å²) in [5.41, 5.74) is 1.35. The SMILES string of the molecule is Cc1nc(C#N)c2ncn(CCO)c2n1. The van der Waals surface area contributed by atoms with Crippen LogP contribution in [0.5, 0.6) is 0 Å². The molecule has 2 aromatic heterocycles. The Morgan fingerprint density at radius 1 is 1.53 bits per heavy atom. The third-order valence-electron chi connectivity index (χ3n) is 2.02. The second-order valence-electron chi connectivity index (χ2n) is 3.07. The summed E-state index contributed by atoms with van der Waals surface area (Å²) < 4.78 is 1.70. The lowest BCUT2D eigenvalue weighted by molar-refractivity contribution is 0.277. The molecule has 0 saturated carbocycles. The highest BCUT2D eigenvalue weighted by Crippen LogP contribution is 2.13. The van der Waals surface area contributed by atoms with Crippen molar-refractivity contribution in [2.24, 2.45) is 0 Å². The lowest BCUT2D eigenvalue weighted by Gasteiger charge is -2.00. The van der Waals surface area contributed by atoms with Crippen molar-refractivity contribution in [1.29, 1.82) is 5.26 Å². The lowest BCUT2D eigenvalue weighted by atomic mass is 10.4. The number of aliphatic hydroxyl groups excluding tert-OH is 1. The summed E-state index contributed by atoms with van der Waals surface area (Å²) in [7, 11) is 0. The Morgan fingerprint density at radius 2 is 2.33 bits per heavy atom. The molecule has 6 heteroatoms. The number of nitriles is 1. The van der Waals surface area contributed by atoms with Gasteiger partial charge in [0.2, 0.25) is 0 Å². The molecule has 0 fully saturated rings. The molecule has 76 valence electrons. The molecule has 1 N–H and O–H groups in total. The Hall–Kier alpha value is -2.00. The second kappa shape index (κ2) is 3.63. The molecule has 0 spiro atoms. The normalized spacial score (nSPS) is 10.5. The summed E-state index contributed by atoms with van der Waals surface area (Å²) in [4.78, 5) is 12.2. The first-order chi connectivity index (χ1) is 7.26. The summed E-state index contributed by atoms with van der Waals surface area (Å²) in [5, 5.41) is 17.7. The number of aliphatic hydroxyl groups is 1. The molecular formula is C9H9N5O. The van der Waals surface area contributed by atoms with Crippen molar-refractivity contribution in [3.05, 3.63) is 17.8 Å². The summed E-state index contributed by atoms with van der Waals surface area (Å²) in [6.07, 6.45) is 1.55. The minimum Gasteiger partial charge on any atom is -0.395 e.